The van der Waals surface area contributed by atoms with Crippen LogP contribution in [0, 0.1) is 28.6 Å². The molecule has 0 spiro atoms. The molecule has 0 radical (unpaired) electrons. The molecule has 4 aliphatic carbocycles. The van der Waals surface area contributed by atoms with Crippen molar-refractivity contribution in [1.29, 1.82) is 0 Å². The lowest BCUT2D eigenvalue weighted by Gasteiger charge is -2.56. The summed E-state index contributed by atoms with van der Waals surface area (Å²) in [6.07, 6.45) is 12.5. The zero-order valence-electron chi connectivity index (χ0n) is 16.6. The number of esters is 1. The Balaban J connectivity index is 1.60. The quantitative estimate of drug-likeness (QED) is 0.516. The van der Waals surface area contributed by atoms with Crippen LogP contribution in [-0.2, 0) is 14.3 Å². The standard InChI is InChI=1S/C23H32O3/c1-14(24)19-7-8-20-18-6-5-16-13-17(26-15(2)25)9-11-22(16,3)21(18)10-12-23(19,20)4/h7,10,16-18,20H,5-6,8-9,11-13H2,1-4H3/t16-,17+,18-,20-,22-,23+/m0/s1. The first kappa shape index (κ1) is 18.0. The first-order valence-electron chi connectivity index (χ1n) is 10.3. The van der Waals surface area contributed by atoms with Gasteiger partial charge in [0.25, 0.3) is 0 Å². The van der Waals surface area contributed by atoms with Gasteiger partial charge < -0.3 is 4.74 Å². The fourth-order valence-electron chi connectivity index (χ4n) is 6.96. The van der Waals surface area contributed by atoms with Gasteiger partial charge in [-0.2, -0.15) is 0 Å². The van der Waals surface area contributed by atoms with E-state index in [-0.39, 0.29) is 28.7 Å². The molecule has 3 nitrogen and oxygen atoms in total. The summed E-state index contributed by atoms with van der Waals surface area (Å²) in [5.41, 5.74) is 3.03. The molecule has 2 saturated carbocycles. The molecule has 0 aliphatic heterocycles. The van der Waals surface area contributed by atoms with Gasteiger partial charge in [0.2, 0.25) is 0 Å². The highest BCUT2D eigenvalue weighted by molar-refractivity contribution is 5.95. The molecule has 142 valence electrons. The number of rotatable bonds is 2. The molecule has 0 heterocycles. The molecule has 0 aromatic rings. The normalized spacial score (nSPS) is 44.2. The Morgan fingerprint density at radius 3 is 2.54 bits per heavy atom. The van der Waals surface area contributed by atoms with E-state index < -0.39 is 0 Å². The summed E-state index contributed by atoms with van der Waals surface area (Å²) in [6, 6.07) is 0. The Morgan fingerprint density at radius 1 is 1.08 bits per heavy atom. The largest absolute Gasteiger partial charge is 0.463 e. The van der Waals surface area contributed by atoms with Gasteiger partial charge in [0.15, 0.2) is 5.78 Å². The molecule has 6 atom stereocenters. The number of ether oxygens (including phenoxy) is 1. The van der Waals surface area contributed by atoms with E-state index in [0.29, 0.717) is 17.8 Å². The Hall–Kier alpha value is -1.38. The van der Waals surface area contributed by atoms with Crippen LogP contribution in [0.1, 0.15) is 72.6 Å². The van der Waals surface area contributed by atoms with Gasteiger partial charge in [0.05, 0.1) is 0 Å². The van der Waals surface area contributed by atoms with Crippen molar-refractivity contribution < 1.29 is 14.3 Å². The second kappa shape index (κ2) is 6.07. The number of Topliss-reactive ketones (excluding diaryl/α,β-unsaturated/α-hetero) is 1. The first-order valence-corrected chi connectivity index (χ1v) is 10.3. The lowest BCUT2D eigenvalue weighted by atomic mass is 9.48. The fraction of sp³-hybridized carbons (Fsp3) is 0.739. The SMILES string of the molecule is CC(=O)O[C@@H]1CC[C@]2(C)C3=CC[C@]4(C)C(C(C)=O)=CC[C@H]4[C@@H]3CC[C@H]2C1. The van der Waals surface area contributed by atoms with Crippen LogP contribution in [0.4, 0.5) is 0 Å². The van der Waals surface area contributed by atoms with Crippen molar-refractivity contribution in [2.45, 2.75) is 78.7 Å². The van der Waals surface area contributed by atoms with Crippen LogP contribution in [0.25, 0.3) is 0 Å². The number of hydrogen-bond donors (Lipinski definition) is 0. The number of carbonyl (C=O) groups excluding carboxylic acids is 2. The van der Waals surface area contributed by atoms with Gasteiger partial charge >= 0.3 is 5.97 Å². The van der Waals surface area contributed by atoms with E-state index in [1.807, 2.05) is 0 Å². The predicted octanol–water partition coefficient (Wildman–Crippen LogP) is 5.01. The molecule has 0 bridgehead atoms. The Labute approximate surface area is 157 Å². The van der Waals surface area contributed by atoms with E-state index in [9.17, 15) is 9.59 Å². The lowest BCUT2D eigenvalue weighted by molar-refractivity contribution is -0.151. The molecule has 4 rings (SSSR count). The molecule has 0 aromatic carbocycles. The molecule has 0 unspecified atom stereocenters. The summed E-state index contributed by atoms with van der Waals surface area (Å²) in [4.78, 5) is 23.5. The smallest absolute Gasteiger partial charge is 0.302 e. The predicted molar refractivity (Wildman–Crippen MR) is 101 cm³/mol. The van der Waals surface area contributed by atoms with E-state index >= 15 is 0 Å². The average molecular weight is 357 g/mol. The highest BCUT2D eigenvalue weighted by atomic mass is 16.5. The van der Waals surface area contributed by atoms with Crippen molar-refractivity contribution in [3.8, 4) is 0 Å². The second-order valence-corrected chi connectivity index (χ2v) is 9.60. The summed E-state index contributed by atoms with van der Waals surface area (Å²) in [6.45, 7) is 8.02. The van der Waals surface area contributed by atoms with Gasteiger partial charge in [0.1, 0.15) is 6.10 Å². The molecule has 2 fully saturated rings. The molecule has 0 aromatic heterocycles. The maximum atomic E-state index is 12.2. The van der Waals surface area contributed by atoms with Crippen LogP contribution in [0.2, 0.25) is 0 Å². The Bertz CT molecular complexity index is 702. The maximum absolute atomic E-state index is 12.2. The van der Waals surface area contributed by atoms with Crippen molar-refractivity contribution in [3.63, 3.8) is 0 Å². The van der Waals surface area contributed by atoms with Gasteiger partial charge in [-0.1, -0.05) is 31.6 Å². The molecule has 26 heavy (non-hydrogen) atoms. The van der Waals surface area contributed by atoms with Crippen molar-refractivity contribution in [2.24, 2.45) is 28.6 Å². The summed E-state index contributed by atoms with van der Waals surface area (Å²) >= 11 is 0. The first-order chi connectivity index (χ1) is 12.3. The summed E-state index contributed by atoms with van der Waals surface area (Å²) in [7, 11) is 0. The third kappa shape index (κ3) is 2.53. The monoisotopic (exact) mass is 356 g/mol. The minimum Gasteiger partial charge on any atom is -0.463 e. The van der Waals surface area contributed by atoms with E-state index in [2.05, 4.69) is 26.0 Å². The maximum Gasteiger partial charge on any atom is 0.302 e. The van der Waals surface area contributed by atoms with Gasteiger partial charge in [-0.05, 0) is 80.6 Å². The summed E-state index contributed by atoms with van der Waals surface area (Å²) in [5, 5.41) is 0. The van der Waals surface area contributed by atoms with Crippen LogP contribution in [0.3, 0.4) is 0 Å². The van der Waals surface area contributed by atoms with Crippen molar-refractivity contribution in [3.05, 3.63) is 23.3 Å². The van der Waals surface area contributed by atoms with Crippen LogP contribution >= 0.6 is 0 Å². The third-order valence-corrected chi connectivity index (χ3v) is 8.27. The molecule has 0 amide bonds. The second-order valence-electron chi connectivity index (χ2n) is 9.60. The van der Waals surface area contributed by atoms with Gasteiger partial charge in [-0.3, -0.25) is 9.59 Å². The molecule has 0 saturated heterocycles. The van der Waals surface area contributed by atoms with E-state index in [1.165, 1.54) is 19.8 Å². The summed E-state index contributed by atoms with van der Waals surface area (Å²) in [5.74, 6) is 1.94. The lowest BCUT2D eigenvalue weighted by Crippen LogP contribution is -2.48. The number of fused-ring (bicyclic) bond motifs is 5. The van der Waals surface area contributed by atoms with Crippen LogP contribution < -0.4 is 0 Å². The minimum absolute atomic E-state index is 0.0398. The molecular formula is C23H32O3. The summed E-state index contributed by atoms with van der Waals surface area (Å²) < 4.78 is 5.54. The number of hydrogen-bond acceptors (Lipinski definition) is 3. The third-order valence-electron chi connectivity index (χ3n) is 8.27. The van der Waals surface area contributed by atoms with Crippen molar-refractivity contribution >= 4 is 11.8 Å². The van der Waals surface area contributed by atoms with Gasteiger partial charge in [0, 0.05) is 12.3 Å². The molecule has 4 aliphatic rings. The van der Waals surface area contributed by atoms with Crippen molar-refractivity contribution in [1.82, 2.24) is 0 Å². The molecular weight excluding hydrogens is 324 g/mol. The minimum atomic E-state index is -0.145. The highest BCUT2D eigenvalue weighted by Gasteiger charge is 2.56. The van der Waals surface area contributed by atoms with Gasteiger partial charge in [-0.15, -0.1) is 0 Å². The van der Waals surface area contributed by atoms with E-state index in [0.717, 1.165) is 37.7 Å². The van der Waals surface area contributed by atoms with Crippen molar-refractivity contribution in [2.75, 3.05) is 0 Å². The zero-order valence-corrected chi connectivity index (χ0v) is 16.6. The van der Waals surface area contributed by atoms with Crippen LogP contribution in [0.15, 0.2) is 23.3 Å². The topological polar surface area (TPSA) is 43.4 Å². The highest BCUT2D eigenvalue weighted by Crippen LogP contribution is 2.64. The number of carbonyl (C=O) groups is 2. The Morgan fingerprint density at radius 2 is 1.85 bits per heavy atom. The molecule has 3 heteroatoms. The fourth-order valence-corrected chi connectivity index (χ4v) is 6.96. The average Bonchev–Trinajstić information content (AvgIpc) is 2.92. The number of allylic oxidation sites excluding steroid dienone is 4. The van der Waals surface area contributed by atoms with Gasteiger partial charge in [-0.25, -0.2) is 0 Å². The van der Waals surface area contributed by atoms with E-state index in [4.69, 9.17) is 4.74 Å². The molecule has 0 N–H and O–H groups in total. The number of ketones is 1. The zero-order chi connectivity index (χ0) is 18.7. The van der Waals surface area contributed by atoms with E-state index in [1.54, 1.807) is 12.5 Å². The van der Waals surface area contributed by atoms with Crippen LogP contribution in [0.5, 0.6) is 0 Å². The van der Waals surface area contributed by atoms with Crippen LogP contribution in [-0.4, -0.2) is 17.9 Å². The Kier molecular flexibility index (Phi) is 4.20.